The standard InChI is InChI=1S/C29H25N3O6/c1-36-22-12-7-20(8-13-22)28(34)30-18-27(33)32-31-17-25-24-6-4-3-5-19(24)11-16-26(25)38-29(35)21-9-14-23(37-2)15-10-21/h3-17H,18H2,1-2H3,(H,30,34)(H,32,33). The molecular formula is C29H25N3O6. The molecule has 0 fully saturated rings. The van der Waals surface area contributed by atoms with Gasteiger partial charge in [-0.3, -0.25) is 9.59 Å². The summed E-state index contributed by atoms with van der Waals surface area (Å²) in [7, 11) is 3.08. The summed E-state index contributed by atoms with van der Waals surface area (Å²) in [6.45, 7) is -0.281. The minimum Gasteiger partial charge on any atom is -0.497 e. The van der Waals surface area contributed by atoms with Gasteiger partial charge in [0.25, 0.3) is 11.8 Å². The zero-order valence-electron chi connectivity index (χ0n) is 20.8. The molecule has 0 aromatic heterocycles. The van der Waals surface area contributed by atoms with Gasteiger partial charge >= 0.3 is 5.97 Å². The van der Waals surface area contributed by atoms with Crippen LogP contribution in [0.5, 0.6) is 17.2 Å². The zero-order chi connectivity index (χ0) is 26.9. The van der Waals surface area contributed by atoms with Crippen LogP contribution in [0.1, 0.15) is 26.3 Å². The van der Waals surface area contributed by atoms with Crippen molar-refractivity contribution in [2.75, 3.05) is 20.8 Å². The molecule has 0 bridgehead atoms. The Morgan fingerprint density at radius 3 is 2.08 bits per heavy atom. The fraction of sp³-hybridized carbons (Fsp3) is 0.103. The Bertz CT molecular complexity index is 1480. The fourth-order valence-electron chi connectivity index (χ4n) is 3.60. The number of nitrogens with one attached hydrogen (secondary N) is 2. The van der Waals surface area contributed by atoms with Gasteiger partial charge in [0.2, 0.25) is 0 Å². The predicted molar refractivity (Wildman–Crippen MR) is 143 cm³/mol. The predicted octanol–water partition coefficient (Wildman–Crippen LogP) is 3.96. The van der Waals surface area contributed by atoms with E-state index in [1.54, 1.807) is 61.7 Å². The summed E-state index contributed by atoms with van der Waals surface area (Å²) >= 11 is 0. The van der Waals surface area contributed by atoms with Gasteiger partial charge in [-0.25, -0.2) is 10.2 Å². The second-order valence-electron chi connectivity index (χ2n) is 8.02. The molecule has 0 aliphatic rings. The van der Waals surface area contributed by atoms with Crippen LogP contribution in [0, 0.1) is 0 Å². The summed E-state index contributed by atoms with van der Waals surface area (Å²) in [5.74, 6) is 0.0269. The lowest BCUT2D eigenvalue weighted by molar-refractivity contribution is -0.120. The minimum atomic E-state index is -0.553. The molecule has 0 saturated heterocycles. The molecule has 0 radical (unpaired) electrons. The number of ether oxygens (including phenoxy) is 3. The quantitative estimate of drug-likeness (QED) is 0.152. The number of hydrogen-bond acceptors (Lipinski definition) is 7. The van der Waals surface area contributed by atoms with Crippen LogP contribution >= 0.6 is 0 Å². The van der Waals surface area contributed by atoms with Gasteiger partial charge in [-0.05, 0) is 65.4 Å². The third-order valence-corrected chi connectivity index (χ3v) is 5.60. The highest BCUT2D eigenvalue weighted by Crippen LogP contribution is 2.27. The normalized spacial score (nSPS) is 10.7. The Kier molecular flexibility index (Phi) is 8.30. The summed E-state index contributed by atoms with van der Waals surface area (Å²) in [5.41, 5.74) is 3.63. The highest BCUT2D eigenvalue weighted by atomic mass is 16.5. The van der Waals surface area contributed by atoms with E-state index in [0.717, 1.165) is 10.8 Å². The van der Waals surface area contributed by atoms with E-state index in [0.29, 0.717) is 28.2 Å². The van der Waals surface area contributed by atoms with Crippen LogP contribution in [-0.2, 0) is 4.79 Å². The summed E-state index contributed by atoms with van der Waals surface area (Å²) in [5, 5.41) is 8.24. The third kappa shape index (κ3) is 6.33. The Morgan fingerprint density at radius 2 is 1.42 bits per heavy atom. The number of esters is 1. The highest BCUT2D eigenvalue weighted by Gasteiger charge is 2.14. The van der Waals surface area contributed by atoms with E-state index in [2.05, 4.69) is 15.8 Å². The van der Waals surface area contributed by atoms with Crippen molar-refractivity contribution in [2.24, 2.45) is 5.10 Å². The maximum Gasteiger partial charge on any atom is 0.343 e. The lowest BCUT2D eigenvalue weighted by atomic mass is 10.0. The fourth-order valence-corrected chi connectivity index (χ4v) is 3.60. The zero-order valence-corrected chi connectivity index (χ0v) is 20.8. The van der Waals surface area contributed by atoms with E-state index in [1.165, 1.54) is 13.3 Å². The number of carbonyl (C=O) groups excluding carboxylic acids is 3. The van der Waals surface area contributed by atoms with Crippen molar-refractivity contribution in [3.05, 3.63) is 102 Å². The average molecular weight is 512 g/mol. The Hall–Kier alpha value is -5.18. The van der Waals surface area contributed by atoms with Crippen LogP contribution in [0.2, 0.25) is 0 Å². The number of hydrazone groups is 1. The molecule has 0 heterocycles. The summed E-state index contributed by atoms with van der Waals surface area (Å²) < 4.78 is 15.9. The average Bonchev–Trinajstić information content (AvgIpc) is 2.96. The molecule has 4 aromatic rings. The number of rotatable bonds is 9. The van der Waals surface area contributed by atoms with Crippen molar-refractivity contribution in [1.29, 1.82) is 0 Å². The van der Waals surface area contributed by atoms with E-state index in [1.807, 2.05) is 30.3 Å². The third-order valence-electron chi connectivity index (χ3n) is 5.60. The van der Waals surface area contributed by atoms with Gasteiger partial charge < -0.3 is 19.5 Å². The number of methoxy groups -OCH3 is 2. The van der Waals surface area contributed by atoms with Crippen LogP contribution in [0.4, 0.5) is 0 Å². The van der Waals surface area contributed by atoms with Crippen LogP contribution in [0.25, 0.3) is 10.8 Å². The van der Waals surface area contributed by atoms with Crippen LogP contribution < -0.4 is 25.0 Å². The first-order valence-electron chi connectivity index (χ1n) is 11.6. The number of amides is 2. The molecule has 0 unspecified atom stereocenters. The molecule has 9 nitrogen and oxygen atoms in total. The van der Waals surface area contributed by atoms with Crippen LogP contribution in [0.15, 0.2) is 90.0 Å². The second kappa shape index (κ2) is 12.2. The Labute approximate surface area is 219 Å². The van der Waals surface area contributed by atoms with Crippen molar-refractivity contribution in [3.8, 4) is 17.2 Å². The van der Waals surface area contributed by atoms with Gasteiger partial charge in [0.05, 0.1) is 32.5 Å². The first kappa shape index (κ1) is 25.9. The number of nitrogens with zero attached hydrogens (tertiary/aromatic N) is 1. The van der Waals surface area contributed by atoms with Crippen molar-refractivity contribution in [2.45, 2.75) is 0 Å². The molecule has 0 aliphatic carbocycles. The summed E-state index contributed by atoms with van der Waals surface area (Å²) in [4.78, 5) is 37.3. The van der Waals surface area contributed by atoms with E-state index >= 15 is 0 Å². The minimum absolute atomic E-state index is 0.273. The lowest BCUT2D eigenvalue weighted by Gasteiger charge is -2.11. The molecule has 2 N–H and O–H groups in total. The van der Waals surface area contributed by atoms with Crippen molar-refractivity contribution in [1.82, 2.24) is 10.7 Å². The molecule has 0 spiro atoms. The van der Waals surface area contributed by atoms with Crippen molar-refractivity contribution >= 4 is 34.8 Å². The molecule has 0 atom stereocenters. The highest BCUT2D eigenvalue weighted by molar-refractivity contribution is 6.04. The number of benzene rings is 4. The van der Waals surface area contributed by atoms with Gasteiger partial charge in [-0.2, -0.15) is 5.10 Å². The van der Waals surface area contributed by atoms with E-state index in [9.17, 15) is 14.4 Å². The number of carbonyl (C=O) groups is 3. The number of fused-ring (bicyclic) bond motifs is 1. The summed E-state index contributed by atoms with van der Waals surface area (Å²) in [6, 6.07) is 24.1. The number of hydrogen-bond donors (Lipinski definition) is 2. The van der Waals surface area contributed by atoms with Gasteiger partial charge in [0.1, 0.15) is 17.2 Å². The van der Waals surface area contributed by atoms with E-state index in [4.69, 9.17) is 14.2 Å². The molecule has 0 saturated carbocycles. The smallest absolute Gasteiger partial charge is 0.343 e. The first-order chi connectivity index (χ1) is 18.5. The first-order valence-corrected chi connectivity index (χ1v) is 11.6. The van der Waals surface area contributed by atoms with Gasteiger partial charge in [0.15, 0.2) is 0 Å². The molecule has 0 aliphatic heterocycles. The molecule has 38 heavy (non-hydrogen) atoms. The van der Waals surface area contributed by atoms with Crippen LogP contribution in [0.3, 0.4) is 0 Å². The molecule has 192 valence electrons. The maximum atomic E-state index is 12.8. The largest absolute Gasteiger partial charge is 0.497 e. The Balaban J connectivity index is 1.44. The molecule has 4 aromatic carbocycles. The maximum absolute atomic E-state index is 12.8. The monoisotopic (exact) mass is 511 g/mol. The molecule has 9 heteroatoms. The van der Waals surface area contributed by atoms with E-state index in [-0.39, 0.29) is 12.3 Å². The van der Waals surface area contributed by atoms with Gasteiger partial charge in [-0.1, -0.05) is 30.3 Å². The van der Waals surface area contributed by atoms with Crippen LogP contribution in [-0.4, -0.2) is 44.8 Å². The molecule has 4 rings (SSSR count). The Morgan fingerprint density at radius 1 is 0.789 bits per heavy atom. The topological polar surface area (TPSA) is 115 Å². The van der Waals surface area contributed by atoms with Crippen molar-refractivity contribution in [3.63, 3.8) is 0 Å². The SMILES string of the molecule is COc1ccc(C(=O)NCC(=O)NN=Cc2c(OC(=O)c3ccc(OC)cc3)ccc3ccccc23)cc1. The van der Waals surface area contributed by atoms with Gasteiger partial charge in [0, 0.05) is 11.1 Å². The lowest BCUT2D eigenvalue weighted by Crippen LogP contribution is -2.34. The molecular weight excluding hydrogens is 486 g/mol. The second-order valence-corrected chi connectivity index (χ2v) is 8.02. The molecule has 2 amide bonds. The van der Waals surface area contributed by atoms with E-state index < -0.39 is 17.8 Å². The summed E-state index contributed by atoms with van der Waals surface area (Å²) in [6.07, 6.45) is 1.40. The van der Waals surface area contributed by atoms with Gasteiger partial charge in [-0.15, -0.1) is 0 Å². The van der Waals surface area contributed by atoms with Crippen molar-refractivity contribution < 1.29 is 28.6 Å².